The first kappa shape index (κ1) is 21.4. The number of aliphatic imine (C=N–C) groups is 1. The van der Waals surface area contributed by atoms with Crippen molar-refractivity contribution in [3.8, 4) is 0 Å². The number of rotatable bonds is 8. The van der Waals surface area contributed by atoms with Crippen LogP contribution in [-0.2, 0) is 21.1 Å². The van der Waals surface area contributed by atoms with Crippen molar-refractivity contribution in [2.75, 3.05) is 16.4 Å². The zero-order valence-electron chi connectivity index (χ0n) is 16.8. The van der Waals surface area contributed by atoms with Gasteiger partial charge in [0.25, 0.3) is 0 Å². The molecule has 5 nitrogen and oxygen atoms in total. The quantitative estimate of drug-likeness (QED) is 0.587. The lowest BCUT2D eigenvalue weighted by Crippen LogP contribution is -2.37. The molecule has 28 heavy (non-hydrogen) atoms. The number of sulfone groups is 1. The highest BCUT2D eigenvalue weighted by atomic mass is 32.2. The van der Waals surface area contributed by atoms with Crippen molar-refractivity contribution in [3.63, 3.8) is 0 Å². The summed E-state index contributed by atoms with van der Waals surface area (Å²) in [4.78, 5) is 18.7. The van der Waals surface area contributed by atoms with Crippen LogP contribution in [0.1, 0.15) is 57.9 Å². The molecule has 0 N–H and O–H groups in total. The van der Waals surface area contributed by atoms with Crippen molar-refractivity contribution < 1.29 is 13.2 Å². The zero-order chi connectivity index (χ0) is 20.1. The number of benzene rings is 1. The fourth-order valence-corrected chi connectivity index (χ4v) is 7.69. The third kappa shape index (κ3) is 5.17. The first-order chi connectivity index (χ1) is 13.4. The van der Waals surface area contributed by atoms with Crippen LogP contribution in [-0.4, -0.2) is 42.3 Å². The Morgan fingerprint density at radius 1 is 1.11 bits per heavy atom. The van der Waals surface area contributed by atoms with Gasteiger partial charge in [-0.15, -0.1) is 0 Å². The molecule has 0 bridgehead atoms. The predicted octanol–water partition coefficient (Wildman–Crippen LogP) is 4.21. The number of aryl methyl sites for hydroxylation is 1. The first-order valence-corrected chi connectivity index (χ1v) is 13.0. The number of amidine groups is 1. The molecule has 0 unspecified atom stereocenters. The smallest absolute Gasteiger partial charge is 0.248 e. The molecule has 3 rings (SSSR count). The Labute approximate surface area is 172 Å². The van der Waals surface area contributed by atoms with E-state index in [-0.39, 0.29) is 28.7 Å². The molecule has 2 atom stereocenters. The number of hydrogen-bond acceptors (Lipinski definition) is 4. The van der Waals surface area contributed by atoms with Crippen LogP contribution in [0.15, 0.2) is 29.3 Å². The van der Waals surface area contributed by atoms with E-state index in [0.29, 0.717) is 11.6 Å². The largest absolute Gasteiger partial charge is 0.316 e. The number of fused-ring (bicyclic) bond motifs is 1. The number of thioether (sulfide) groups is 1. The summed E-state index contributed by atoms with van der Waals surface area (Å²) in [6.07, 6.45) is 6.75. The highest BCUT2D eigenvalue weighted by Crippen LogP contribution is 2.41. The van der Waals surface area contributed by atoms with E-state index >= 15 is 0 Å². The standard InChI is InChI=1S/C21H30N2O3S2/c1-3-5-7-9-20(24)22-21-23(18-14-28(25,26)15-19(18)27-21)17-12-10-16(11-13-17)8-6-4-2/h10-13,18-19H,3-9,14-15H2,1-2H3/t18-,19-/m1/s1. The normalized spacial score (nSPS) is 24.6. The molecular formula is C21H30N2O3S2. The lowest BCUT2D eigenvalue weighted by atomic mass is 10.1. The Hall–Kier alpha value is -1.34. The van der Waals surface area contributed by atoms with Gasteiger partial charge in [-0.2, -0.15) is 4.99 Å². The molecule has 1 aromatic rings. The van der Waals surface area contributed by atoms with Crippen LogP contribution in [0, 0.1) is 0 Å². The Morgan fingerprint density at radius 2 is 1.82 bits per heavy atom. The van der Waals surface area contributed by atoms with Crippen molar-refractivity contribution in [1.82, 2.24) is 0 Å². The zero-order valence-corrected chi connectivity index (χ0v) is 18.4. The molecule has 2 aliphatic rings. The lowest BCUT2D eigenvalue weighted by molar-refractivity contribution is -0.117. The summed E-state index contributed by atoms with van der Waals surface area (Å²) in [5.74, 6) is 0.185. The minimum absolute atomic E-state index is 0.0491. The number of carbonyl (C=O) groups is 1. The number of anilines is 1. The number of nitrogens with zero attached hydrogens (tertiary/aromatic N) is 2. The molecule has 2 fully saturated rings. The summed E-state index contributed by atoms with van der Waals surface area (Å²) in [6, 6.07) is 8.14. The average molecular weight is 423 g/mol. The maximum Gasteiger partial charge on any atom is 0.248 e. The number of unbranched alkanes of at least 4 members (excludes halogenated alkanes) is 3. The van der Waals surface area contributed by atoms with Gasteiger partial charge in [0.1, 0.15) is 0 Å². The molecule has 1 aromatic carbocycles. The number of amides is 1. The second kappa shape index (κ2) is 9.44. The molecule has 0 radical (unpaired) electrons. The first-order valence-electron chi connectivity index (χ1n) is 10.3. The molecule has 154 valence electrons. The monoisotopic (exact) mass is 422 g/mol. The van der Waals surface area contributed by atoms with E-state index in [0.717, 1.165) is 44.2 Å². The summed E-state index contributed by atoms with van der Waals surface area (Å²) in [5, 5.41) is 0.611. The molecule has 2 saturated heterocycles. The fourth-order valence-electron chi connectivity index (χ4n) is 3.76. The van der Waals surface area contributed by atoms with Gasteiger partial charge < -0.3 is 4.90 Å². The van der Waals surface area contributed by atoms with Crippen LogP contribution < -0.4 is 4.90 Å². The minimum atomic E-state index is -3.04. The van der Waals surface area contributed by atoms with E-state index in [1.54, 1.807) is 0 Å². The van der Waals surface area contributed by atoms with E-state index < -0.39 is 9.84 Å². The van der Waals surface area contributed by atoms with Gasteiger partial charge in [-0.25, -0.2) is 8.42 Å². The predicted molar refractivity (Wildman–Crippen MR) is 118 cm³/mol. The van der Waals surface area contributed by atoms with Crippen LogP contribution in [0.3, 0.4) is 0 Å². The second-order valence-electron chi connectivity index (χ2n) is 7.69. The van der Waals surface area contributed by atoms with Gasteiger partial charge in [-0.1, -0.05) is 57.0 Å². The molecular weight excluding hydrogens is 392 g/mol. The Balaban J connectivity index is 1.82. The summed E-state index contributed by atoms with van der Waals surface area (Å²) < 4.78 is 24.3. The molecule has 0 aromatic heterocycles. The number of carbonyl (C=O) groups excluding carboxylic acids is 1. The minimum Gasteiger partial charge on any atom is -0.316 e. The highest BCUT2D eigenvalue weighted by Gasteiger charge is 2.49. The summed E-state index contributed by atoms with van der Waals surface area (Å²) in [5.41, 5.74) is 2.21. The summed E-state index contributed by atoms with van der Waals surface area (Å²) in [7, 11) is -3.04. The molecule has 7 heteroatoms. The van der Waals surface area contributed by atoms with Gasteiger partial charge in [0.2, 0.25) is 5.91 Å². The molecule has 0 saturated carbocycles. The van der Waals surface area contributed by atoms with E-state index in [2.05, 4.69) is 31.0 Å². The van der Waals surface area contributed by atoms with E-state index in [9.17, 15) is 13.2 Å². The molecule has 0 spiro atoms. The lowest BCUT2D eigenvalue weighted by Gasteiger charge is -2.24. The third-order valence-corrected chi connectivity index (χ3v) is 8.52. The molecule has 0 aliphatic carbocycles. The van der Waals surface area contributed by atoms with Crippen molar-refractivity contribution >= 4 is 38.4 Å². The van der Waals surface area contributed by atoms with E-state index in [1.165, 1.54) is 17.3 Å². The van der Waals surface area contributed by atoms with Crippen molar-refractivity contribution in [3.05, 3.63) is 29.8 Å². The van der Waals surface area contributed by atoms with Crippen LogP contribution >= 0.6 is 11.8 Å². The summed E-state index contributed by atoms with van der Waals surface area (Å²) in [6.45, 7) is 4.29. The van der Waals surface area contributed by atoms with Crippen molar-refractivity contribution in [2.45, 2.75) is 70.1 Å². The van der Waals surface area contributed by atoms with Crippen LogP contribution in [0.25, 0.3) is 0 Å². The van der Waals surface area contributed by atoms with Gasteiger partial charge in [-0.3, -0.25) is 4.79 Å². The maximum absolute atomic E-state index is 12.3. The van der Waals surface area contributed by atoms with Gasteiger partial charge >= 0.3 is 0 Å². The molecule has 2 aliphatic heterocycles. The SMILES string of the molecule is CCCCCC(=O)N=C1S[C@@H]2CS(=O)(=O)C[C@H]2N1c1ccc(CCCC)cc1. The summed E-state index contributed by atoms with van der Waals surface area (Å²) >= 11 is 1.45. The van der Waals surface area contributed by atoms with Gasteiger partial charge in [0, 0.05) is 17.4 Å². The third-order valence-electron chi connectivity index (χ3n) is 5.31. The van der Waals surface area contributed by atoms with Crippen molar-refractivity contribution in [2.24, 2.45) is 4.99 Å². The van der Waals surface area contributed by atoms with Crippen LogP contribution in [0.5, 0.6) is 0 Å². The van der Waals surface area contributed by atoms with E-state index in [4.69, 9.17) is 0 Å². The Bertz CT molecular complexity index is 819. The Morgan fingerprint density at radius 3 is 2.50 bits per heavy atom. The van der Waals surface area contributed by atoms with Gasteiger partial charge in [-0.05, 0) is 37.0 Å². The fraction of sp³-hybridized carbons (Fsp3) is 0.619. The topological polar surface area (TPSA) is 66.8 Å². The molecule has 1 amide bonds. The number of hydrogen-bond donors (Lipinski definition) is 0. The van der Waals surface area contributed by atoms with Crippen molar-refractivity contribution in [1.29, 1.82) is 0 Å². The van der Waals surface area contributed by atoms with Crippen LogP contribution in [0.4, 0.5) is 5.69 Å². The Kier molecular flexibility index (Phi) is 7.20. The van der Waals surface area contributed by atoms with E-state index in [1.807, 2.05) is 17.0 Å². The maximum atomic E-state index is 12.3. The average Bonchev–Trinajstić information content (AvgIpc) is 3.11. The second-order valence-corrected chi connectivity index (χ2v) is 11.0. The van der Waals surface area contributed by atoms with Gasteiger partial charge in [0.15, 0.2) is 15.0 Å². The highest BCUT2D eigenvalue weighted by molar-refractivity contribution is 8.16. The van der Waals surface area contributed by atoms with Crippen LogP contribution in [0.2, 0.25) is 0 Å². The van der Waals surface area contributed by atoms with Gasteiger partial charge in [0.05, 0.1) is 17.5 Å². The molecule has 2 heterocycles.